The van der Waals surface area contributed by atoms with Gasteiger partial charge in [0.2, 0.25) is 0 Å². The molecule has 0 N–H and O–H groups in total. The van der Waals surface area contributed by atoms with E-state index in [2.05, 4.69) is 19.1 Å². The van der Waals surface area contributed by atoms with Crippen molar-refractivity contribution in [3.05, 3.63) is 76.1 Å². The van der Waals surface area contributed by atoms with E-state index in [1.54, 1.807) is 17.4 Å². The van der Waals surface area contributed by atoms with Crippen LogP contribution in [0.25, 0.3) is 17.3 Å². The van der Waals surface area contributed by atoms with Crippen LogP contribution in [0.15, 0.2) is 60.7 Å². The average Bonchev–Trinajstić information content (AvgIpc) is 3.00. The summed E-state index contributed by atoms with van der Waals surface area (Å²) < 4.78 is 5.81. The highest BCUT2D eigenvalue weighted by molar-refractivity contribution is 7.12. The van der Waals surface area contributed by atoms with Crippen LogP contribution in [0.1, 0.15) is 15.4 Å². The maximum absolute atomic E-state index is 10.3. The van der Waals surface area contributed by atoms with Crippen molar-refractivity contribution in [3.63, 3.8) is 0 Å². The molecule has 1 aromatic heterocycles. The Morgan fingerprint density at radius 3 is 2.54 bits per heavy atom. The minimum absolute atomic E-state index is 0.446. The highest BCUT2D eigenvalue weighted by Crippen LogP contribution is 2.28. The molecule has 0 saturated carbocycles. The van der Waals surface area contributed by atoms with Gasteiger partial charge in [-0.3, -0.25) is 4.79 Å². The third kappa shape index (κ3) is 3.97. The van der Waals surface area contributed by atoms with Gasteiger partial charge in [0, 0.05) is 10.4 Å². The number of hydrogen-bond donors (Lipinski definition) is 0. The molecule has 1 heterocycles. The zero-order chi connectivity index (χ0) is 16.8. The van der Waals surface area contributed by atoms with Gasteiger partial charge in [0.25, 0.3) is 0 Å². The van der Waals surface area contributed by atoms with E-state index in [9.17, 15) is 4.79 Å². The monoisotopic (exact) mass is 335 g/mol. The Labute approximate surface area is 145 Å². The largest absolute Gasteiger partial charge is 0.486 e. The number of aryl methyl sites for hydroxylation is 1. The molecule has 0 bridgehead atoms. The second kappa shape index (κ2) is 7.70. The van der Waals surface area contributed by atoms with Crippen molar-refractivity contribution < 1.29 is 9.53 Å². The highest BCUT2D eigenvalue weighted by Gasteiger charge is 2.10. The maximum Gasteiger partial charge on any atom is 0.142 e. The number of thiazole rings is 1. The molecule has 0 atom stereocenters. The summed E-state index contributed by atoms with van der Waals surface area (Å²) in [5.74, 6) is 0.785. The Morgan fingerprint density at radius 1 is 1.08 bits per heavy atom. The maximum atomic E-state index is 10.3. The molecule has 0 unspecified atom stereocenters. The second-order valence-electron chi connectivity index (χ2n) is 5.23. The fourth-order valence-corrected chi connectivity index (χ4v) is 3.22. The van der Waals surface area contributed by atoms with Gasteiger partial charge in [0.1, 0.15) is 23.7 Å². The van der Waals surface area contributed by atoms with Crippen LogP contribution in [-0.4, -0.2) is 11.3 Å². The summed E-state index contributed by atoms with van der Waals surface area (Å²) in [5.41, 5.74) is 3.11. The number of rotatable bonds is 6. The molecule has 0 spiro atoms. The Morgan fingerprint density at radius 2 is 1.83 bits per heavy atom. The van der Waals surface area contributed by atoms with E-state index in [0.717, 1.165) is 33.9 Å². The summed E-state index contributed by atoms with van der Waals surface area (Å²) in [5, 5.41) is 0.955. The lowest BCUT2D eigenvalue weighted by Gasteiger charge is -2.04. The van der Waals surface area contributed by atoms with E-state index in [4.69, 9.17) is 9.72 Å². The molecule has 2 aromatic carbocycles. The predicted octanol–water partition coefficient (Wildman–Crippen LogP) is 4.91. The Balaban J connectivity index is 1.67. The minimum Gasteiger partial charge on any atom is -0.486 e. The van der Waals surface area contributed by atoms with Gasteiger partial charge in [0.05, 0.1) is 5.69 Å². The van der Waals surface area contributed by atoms with Crippen molar-refractivity contribution in [1.82, 2.24) is 4.98 Å². The fourth-order valence-electron chi connectivity index (χ4n) is 2.35. The number of allylic oxidation sites excluding steroid dienone is 1. The molecule has 0 fully saturated rings. The number of nitrogens with zero attached hydrogens (tertiary/aromatic N) is 1. The topological polar surface area (TPSA) is 39.2 Å². The molecule has 0 aliphatic heterocycles. The molecular formula is C20H17NO2S. The van der Waals surface area contributed by atoms with Gasteiger partial charge in [-0.2, -0.15) is 0 Å². The first-order chi connectivity index (χ1) is 11.8. The zero-order valence-electron chi connectivity index (χ0n) is 13.3. The SMILES string of the molecule is Cc1sc(COc2ccc(C=CC=O)cc2)nc1-c1ccccc1. The van der Waals surface area contributed by atoms with Crippen LogP contribution in [0, 0.1) is 6.92 Å². The second-order valence-corrected chi connectivity index (χ2v) is 6.52. The molecular weight excluding hydrogens is 318 g/mol. The predicted molar refractivity (Wildman–Crippen MR) is 98.2 cm³/mol. The number of aromatic nitrogens is 1. The van der Waals surface area contributed by atoms with Crippen molar-refractivity contribution in [1.29, 1.82) is 0 Å². The van der Waals surface area contributed by atoms with Crippen LogP contribution in [0.2, 0.25) is 0 Å². The van der Waals surface area contributed by atoms with Crippen molar-refractivity contribution in [2.24, 2.45) is 0 Å². The van der Waals surface area contributed by atoms with Crippen molar-refractivity contribution in [2.45, 2.75) is 13.5 Å². The lowest BCUT2D eigenvalue weighted by Crippen LogP contribution is -1.94. The molecule has 0 aliphatic rings. The van der Waals surface area contributed by atoms with Crippen molar-refractivity contribution in [2.75, 3.05) is 0 Å². The van der Waals surface area contributed by atoms with E-state index < -0.39 is 0 Å². The lowest BCUT2D eigenvalue weighted by atomic mass is 10.1. The molecule has 3 rings (SSSR count). The summed E-state index contributed by atoms with van der Waals surface area (Å²) in [6, 6.07) is 17.8. The summed E-state index contributed by atoms with van der Waals surface area (Å²) in [4.78, 5) is 16.2. The van der Waals surface area contributed by atoms with Crippen LogP contribution in [-0.2, 0) is 11.4 Å². The van der Waals surface area contributed by atoms with Crippen molar-refractivity contribution >= 4 is 23.7 Å². The van der Waals surface area contributed by atoms with E-state index in [-0.39, 0.29) is 0 Å². The van der Waals surface area contributed by atoms with Gasteiger partial charge in [0.15, 0.2) is 0 Å². The number of ether oxygens (including phenoxy) is 1. The zero-order valence-corrected chi connectivity index (χ0v) is 14.1. The number of hydrogen-bond acceptors (Lipinski definition) is 4. The summed E-state index contributed by atoms with van der Waals surface area (Å²) in [6.07, 6.45) is 3.99. The van der Waals surface area contributed by atoms with Crippen LogP contribution in [0.3, 0.4) is 0 Å². The Kier molecular flexibility index (Phi) is 5.18. The highest BCUT2D eigenvalue weighted by atomic mass is 32.1. The number of aldehydes is 1. The Bertz CT molecular complexity index is 836. The molecule has 24 heavy (non-hydrogen) atoms. The molecule has 0 aliphatic carbocycles. The normalized spacial score (nSPS) is 10.9. The van der Waals surface area contributed by atoms with E-state index >= 15 is 0 Å². The third-order valence-corrected chi connectivity index (χ3v) is 4.44. The number of benzene rings is 2. The van der Waals surface area contributed by atoms with Gasteiger partial charge < -0.3 is 4.74 Å². The van der Waals surface area contributed by atoms with Crippen LogP contribution in [0.4, 0.5) is 0 Å². The van der Waals surface area contributed by atoms with Gasteiger partial charge in [-0.25, -0.2) is 4.98 Å². The minimum atomic E-state index is 0.446. The molecule has 3 aromatic rings. The molecule has 4 heteroatoms. The van der Waals surface area contributed by atoms with Gasteiger partial charge >= 0.3 is 0 Å². The first-order valence-electron chi connectivity index (χ1n) is 7.62. The van der Waals surface area contributed by atoms with Gasteiger partial charge in [-0.05, 0) is 30.7 Å². The summed E-state index contributed by atoms with van der Waals surface area (Å²) in [6.45, 7) is 2.53. The van der Waals surface area contributed by atoms with Crippen LogP contribution >= 0.6 is 11.3 Å². The molecule has 0 amide bonds. The van der Waals surface area contributed by atoms with Crippen molar-refractivity contribution in [3.8, 4) is 17.0 Å². The quantitative estimate of drug-likeness (QED) is 0.474. The summed E-state index contributed by atoms with van der Waals surface area (Å²) >= 11 is 1.66. The number of carbonyl (C=O) groups is 1. The molecule has 0 radical (unpaired) electrons. The van der Waals surface area contributed by atoms with E-state index in [1.807, 2.05) is 42.5 Å². The van der Waals surface area contributed by atoms with Crippen LogP contribution in [0.5, 0.6) is 5.75 Å². The standard InChI is InChI=1S/C20H17NO2S/c1-15-20(17-7-3-2-4-8-17)21-19(24-15)14-23-18-11-9-16(10-12-18)6-5-13-22/h2-13H,14H2,1H3. The smallest absolute Gasteiger partial charge is 0.142 e. The van der Waals surface area contributed by atoms with Gasteiger partial charge in [-0.1, -0.05) is 48.5 Å². The molecule has 3 nitrogen and oxygen atoms in total. The first kappa shape index (κ1) is 16.1. The molecule has 0 saturated heterocycles. The lowest BCUT2D eigenvalue weighted by molar-refractivity contribution is -0.104. The van der Waals surface area contributed by atoms with Crippen LogP contribution < -0.4 is 4.74 Å². The third-order valence-electron chi connectivity index (χ3n) is 3.50. The molecule has 120 valence electrons. The number of carbonyl (C=O) groups excluding carboxylic acids is 1. The summed E-state index contributed by atoms with van der Waals surface area (Å²) in [7, 11) is 0. The average molecular weight is 335 g/mol. The Hall–Kier alpha value is -2.72. The van der Waals surface area contributed by atoms with E-state index in [1.165, 1.54) is 11.0 Å². The fraction of sp³-hybridized carbons (Fsp3) is 0.100. The van der Waals surface area contributed by atoms with Gasteiger partial charge in [-0.15, -0.1) is 11.3 Å². The van der Waals surface area contributed by atoms with E-state index in [0.29, 0.717) is 6.61 Å². The first-order valence-corrected chi connectivity index (χ1v) is 8.44.